The number of amides is 1. The van der Waals surface area contributed by atoms with E-state index in [0.29, 0.717) is 12.0 Å². The first kappa shape index (κ1) is 15.0. The van der Waals surface area contributed by atoms with Crippen molar-refractivity contribution in [1.29, 1.82) is 0 Å². The van der Waals surface area contributed by atoms with Gasteiger partial charge in [0.15, 0.2) is 0 Å². The highest BCUT2D eigenvalue weighted by Gasteiger charge is 2.35. The van der Waals surface area contributed by atoms with Crippen LogP contribution in [0.3, 0.4) is 0 Å². The molecular weight excluding hydrogens is 333 g/mol. The van der Waals surface area contributed by atoms with E-state index < -0.39 is 5.82 Å². The molecule has 1 aromatic rings. The number of hydrogen-bond acceptors (Lipinski definition) is 1. The summed E-state index contributed by atoms with van der Waals surface area (Å²) in [5.74, 6) is 0.0397. The molecule has 1 amide bonds. The Bertz CT molecular complexity index is 524. The lowest BCUT2D eigenvalue weighted by Crippen LogP contribution is -2.38. The molecule has 2 saturated carbocycles. The first-order valence-corrected chi connectivity index (χ1v) is 8.70. The zero-order valence-electron chi connectivity index (χ0n) is 12.2. The first-order valence-electron chi connectivity index (χ1n) is 7.91. The van der Waals surface area contributed by atoms with Gasteiger partial charge in [-0.2, -0.15) is 0 Å². The van der Waals surface area contributed by atoms with E-state index in [1.165, 1.54) is 38.2 Å². The smallest absolute Gasteiger partial charge is 0.257 e. The van der Waals surface area contributed by atoms with Crippen LogP contribution in [0.25, 0.3) is 0 Å². The molecule has 2 nitrogen and oxygen atoms in total. The van der Waals surface area contributed by atoms with E-state index in [1.54, 1.807) is 12.1 Å². The fourth-order valence-corrected chi connectivity index (χ4v) is 3.61. The van der Waals surface area contributed by atoms with Gasteiger partial charge in [-0.15, -0.1) is 0 Å². The summed E-state index contributed by atoms with van der Waals surface area (Å²) in [6.45, 7) is 0.801. The maximum atomic E-state index is 14.0. The van der Waals surface area contributed by atoms with Gasteiger partial charge in [0.25, 0.3) is 5.91 Å². The summed E-state index contributed by atoms with van der Waals surface area (Å²) in [5, 5.41) is 0. The van der Waals surface area contributed by atoms with Crippen molar-refractivity contribution < 1.29 is 9.18 Å². The highest BCUT2D eigenvalue weighted by Crippen LogP contribution is 2.33. The molecule has 0 aliphatic heterocycles. The number of benzene rings is 1. The lowest BCUT2D eigenvalue weighted by atomic mass is 9.88. The standard InChI is InChI=1S/C17H21BrFNO/c18-13-6-9-16(19)15(10-13)17(21)20(14-7-8-14)11-12-4-2-1-3-5-12/h6,9-10,12,14H,1-5,7-8,11H2. The fraction of sp³-hybridized carbons (Fsp3) is 0.588. The SMILES string of the molecule is O=C(c1cc(Br)ccc1F)N(CC1CCCCC1)C1CC1. The van der Waals surface area contributed by atoms with E-state index in [0.717, 1.165) is 23.9 Å². The molecule has 2 fully saturated rings. The van der Waals surface area contributed by atoms with Crippen LogP contribution in [-0.4, -0.2) is 23.4 Å². The van der Waals surface area contributed by atoms with Crippen molar-refractivity contribution in [3.05, 3.63) is 34.1 Å². The van der Waals surface area contributed by atoms with E-state index in [2.05, 4.69) is 15.9 Å². The summed E-state index contributed by atoms with van der Waals surface area (Å²) in [5.41, 5.74) is 0.201. The lowest BCUT2D eigenvalue weighted by molar-refractivity contribution is 0.0694. The van der Waals surface area contributed by atoms with Gasteiger partial charge in [0, 0.05) is 17.1 Å². The van der Waals surface area contributed by atoms with E-state index >= 15 is 0 Å². The third kappa shape index (κ3) is 3.65. The molecule has 0 N–H and O–H groups in total. The van der Waals surface area contributed by atoms with Crippen molar-refractivity contribution in [2.24, 2.45) is 5.92 Å². The second kappa shape index (κ2) is 6.47. The average Bonchev–Trinajstić information content (AvgIpc) is 3.32. The van der Waals surface area contributed by atoms with Crippen LogP contribution >= 0.6 is 15.9 Å². The summed E-state index contributed by atoms with van der Waals surface area (Å²) in [6, 6.07) is 4.93. The number of carbonyl (C=O) groups excluding carboxylic acids is 1. The van der Waals surface area contributed by atoms with Crippen molar-refractivity contribution in [1.82, 2.24) is 4.90 Å². The lowest BCUT2D eigenvalue weighted by Gasteiger charge is -2.30. The summed E-state index contributed by atoms with van der Waals surface area (Å²) in [6.07, 6.45) is 8.39. The molecule has 114 valence electrons. The number of hydrogen-bond donors (Lipinski definition) is 0. The molecule has 21 heavy (non-hydrogen) atoms. The van der Waals surface area contributed by atoms with Crippen LogP contribution in [0.2, 0.25) is 0 Å². The van der Waals surface area contributed by atoms with E-state index in [9.17, 15) is 9.18 Å². The molecule has 2 aliphatic rings. The summed E-state index contributed by atoms with van der Waals surface area (Å²) in [7, 11) is 0. The van der Waals surface area contributed by atoms with Crippen molar-refractivity contribution in [2.75, 3.05) is 6.54 Å². The zero-order chi connectivity index (χ0) is 14.8. The largest absolute Gasteiger partial charge is 0.335 e. The molecule has 0 radical (unpaired) electrons. The Morgan fingerprint density at radius 2 is 1.90 bits per heavy atom. The predicted octanol–water partition coefficient (Wildman–Crippen LogP) is 4.77. The molecule has 0 unspecified atom stereocenters. The third-order valence-electron chi connectivity index (χ3n) is 4.59. The Hall–Kier alpha value is -0.900. The van der Waals surface area contributed by atoms with Crippen LogP contribution in [-0.2, 0) is 0 Å². The molecule has 1 aromatic carbocycles. The van der Waals surface area contributed by atoms with E-state index in [-0.39, 0.29) is 11.5 Å². The number of rotatable bonds is 4. The fourth-order valence-electron chi connectivity index (χ4n) is 3.25. The van der Waals surface area contributed by atoms with Gasteiger partial charge in [0.1, 0.15) is 5.82 Å². The second-order valence-corrected chi connectivity index (χ2v) is 7.23. The van der Waals surface area contributed by atoms with Crippen LogP contribution in [0.1, 0.15) is 55.3 Å². The first-order chi connectivity index (χ1) is 10.1. The summed E-state index contributed by atoms with van der Waals surface area (Å²) in [4.78, 5) is 14.7. The van der Waals surface area contributed by atoms with E-state index in [1.807, 2.05) is 4.90 Å². The summed E-state index contributed by atoms with van der Waals surface area (Å²) < 4.78 is 14.7. The van der Waals surface area contributed by atoms with Gasteiger partial charge in [-0.25, -0.2) is 4.39 Å². The summed E-state index contributed by atoms with van der Waals surface area (Å²) >= 11 is 3.33. The number of carbonyl (C=O) groups is 1. The minimum absolute atomic E-state index is 0.137. The molecule has 0 bridgehead atoms. The molecule has 0 spiro atoms. The Balaban J connectivity index is 1.76. The van der Waals surface area contributed by atoms with Crippen LogP contribution in [0.5, 0.6) is 0 Å². The van der Waals surface area contributed by atoms with Crippen molar-refractivity contribution in [3.63, 3.8) is 0 Å². The molecular formula is C17H21BrFNO. The Kier molecular flexibility index (Phi) is 4.63. The van der Waals surface area contributed by atoms with E-state index in [4.69, 9.17) is 0 Å². The third-order valence-corrected chi connectivity index (χ3v) is 5.08. The van der Waals surface area contributed by atoms with Crippen molar-refractivity contribution in [3.8, 4) is 0 Å². The minimum atomic E-state index is -0.419. The molecule has 0 saturated heterocycles. The molecule has 0 atom stereocenters. The van der Waals surface area contributed by atoms with Gasteiger partial charge in [-0.3, -0.25) is 4.79 Å². The van der Waals surface area contributed by atoms with Gasteiger partial charge in [-0.05, 0) is 49.8 Å². The van der Waals surface area contributed by atoms with Crippen molar-refractivity contribution in [2.45, 2.75) is 51.0 Å². The predicted molar refractivity (Wildman–Crippen MR) is 84.7 cm³/mol. The molecule has 0 aromatic heterocycles. The van der Waals surface area contributed by atoms with Gasteiger partial charge in [0.05, 0.1) is 5.56 Å². The Morgan fingerprint density at radius 1 is 1.19 bits per heavy atom. The van der Waals surface area contributed by atoms with Crippen LogP contribution in [0, 0.1) is 11.7 Å². The average molecular weight is 354 g/mol. The van der Waals surface area contributed by atoms with Crippen LogP contribution in [0.4, 0.5) is 4.39 Å². The van der Waals surface area contributed by atoms with Crippen LogP contribution in [0.15, 0.2) is 22.7 Å². The Morgan fingerprint density at radius 3 is 2.57 bits per heavy atom. The molecule has 2 aliphatic carbocycles. The van der Waals surface area contributed by atoms with Crippen LogP contribution < -0.4 is 0 Å². The monoisotopic (exact) mass is 353 g/mol. The number of nitrogens with zero attached hydrogens (tertiary/aromatic N) is 1. The highest BCUT2D eigenvalue weighted by atomic mass is 79.9. The maximum Gasteiger partial charge on any atom is 0.257 e. The van der Waals surface area contributed by atoms with Gasteiger partial charge in [0.2, 0.25) is 0 Å². The second-order valence-electron chi connectivity index (χ2n) is 6.32. The molecule has 0 heterocycles. The number of halogens is 2. The highest BCUT2D eigenvalue weighted by molar-refractivity contribution is 9.10. The molecule has 3 rings (SSSR count). The minimum Gasteiger partial charge on any atom is -0.335 e. The topological polar surface area (TPSA) is 20.3 Å². The van der Waals surface area contributed by atoms with Gasteiger partial charge >= 0.3 is 0 Å². The Labute approximate surface area is 133 Å². The van der Waals surface area contributed by atoms with Gasteiger partial charge in [-0.1, -0.05) is 35.2 Å². The van der Waals surface area contributed by atoms with Crippen molar-refractivity contribution >= 4 is 21.8 Å². The van der Waals surface area contributed by atoms with Gasteiger partial charge < -0.3 is 4.90 Å². The quantitative estimate of drug-likeness (QED) is 0.763. The molecule has 4 heteroatoms. The zero-order valence-corrected chi connectivity index (χ0v) is 13.7. The maximum absolute atomic E-state index is 14.0. The normalized spacial score (nSPS) is 19.5.